The van der Waals surface area contributed by atoms with Gasteiger partial charge in [0, 0.05) is 35.1 Å². The van der Waals surface area contributed by atoms with E-state index in [2.05, 4.69) is 27.2 Å². The number of benzene rings is 1. The van der Waals surface area contributed by atoms with Crippen molar-refractivity contribution in [3.05, 3.63) is 28.2 Å². The highest BCUT2D eigenvalue weighted by atomic mass is 79.9. The lowest BCUT2D eigenvalue weighted by molar-refractivity contribution is 0.128. The predicted octanol–water partition coefficient (Wildman–Crippen LogP) is 3.10. The molecule has 3 nitrogen and oxygen atoms in total. The summed E-state index contributed by atoms with van der Waals surface area (Å²) in [7, 11) is 0. The van der Waals surface area contributed by atoms with E-state index in [-0.39, 0.29) is 18.6 Å². The van der Waals surface area contributed by atoms with Crippen LogP contribution in [0.25, 0.3) is 0 Å². The zero-order valence-electron chi connectivity index (χ0n) is 12.2. The molecule has 2 rings (SSSR count). The van der Waals surface area contributed by atoms with E-state index < -0.39 is 0 Å². The summed E-state index contributed by atoms with van der Waals surface area (Å²) >= 11 is 3.48. The fourth-order valence-corrected chi connectivity index (χ4v) is 3.33. The Morgan fingerprint density at radius 2 is 2.14 bits per heavy atom. The highest BCUT2D eigenvalue weighted by molar-refractivity contribution is 9.10. The molecule has 0 radical (unpaired) electrons. The molecule has 0 bridgehead atoms. The van der Waals surface area contributed by atoms with Crippen molar-refractivity contribution in [3.63, 3.8) is 0 Å². The van der Waals surface area contributed by atoms with Crippen molar-refractivity contribution in [1.29, 1.82) is 0 Å². The lowest BCUT2D eigenvalue weighted by atomic mass is 9.87. The smallest absolute Gasteiger partial charge is 0.148 e. The van der Waals surface area contributed by atoms with Crippen LogP contribution in [0.4, 0.5) is 0 Å². The predicted molar refractivity (Wildman–Crippen MR) is 88.2 cm³/mol. The summed E-state index contributed by atoms with van der Waals surface area (Å²) in [5.41, 5.74) is 1.14. The molecule has 1 aromatic rings. The van der Waals surface area contributed by atoms with Crippen LogP contribution in [0.3, 0.4) is 0 Å². The van der Waals surface area contributed by atoms with Crippen LogP contribution in [0.15, 0.2) is 22.7 Å². The van der Waals surface area contributed by atoms with Crippen LogP contribution in [-0.4, -0.2) is 24.9 Å². The first-order valence-electron chi connectivity index (χ1n) is 7.35. The molecule has 4 heteroatoms. The third-order valence-electron chi connectivity index (χ3n) is 4.15. The van der Waals surface area contributed by atoms with Crippen LogP contribution in [0.1, 0.15) is 31.2 Å². The fraction of sp³-hybridized carbons (Fsp3) is 0.529. The molecule has 1 aliphatic rings. The molecule has 1 aliphatic carbocycles. The molecule has 2 N–H and O–H groups in total. The second kappa shape index (κ2) is 7.84. The van der Waals surface area contributed by atoms with E-state index in [4.69, 9.17) is 11.2 Å². The lowest BCUT2D eigenvalue weighted by Crippen LogP contribution is -2.34. The van der Waals surface area contributed by atoms with E-state index in [0.717, 1.165) is 35.2 Å². The zero-order chi connectivity index (χ0) is 15.1. The molecule has 0 spiro atoms. The lowest BCUT2D eigenvalue weighted by Gasteiger charge is -2.27. The Morgan fingerprint density at radius 3 is 2.81 bits per heavy atom. The Hall–Kier alpha value is -1.02. The van der Waals surface area contributed by atoms with Crippen LogP contribution >= 0.6 is 15.9 Å². The Balaban J connectivity index is 1.95. The molecule has 0 aliphatic heterocycles. The van der Waals surface area contributed by atoms with Gasteiger partial charge in [-0.3, -0.25) is 0 Å². The number of nitrogens with one attached hydrogen (secondary N) is 1. The van der Waals surface area contributed by atoms with E-state index in [0.29, 0.717) is 6.54 Å². The van der Waals surface area contributed by atoms with Gasteiger partial charge in [0.2, 0.25) is 0 Å². The topological polar surface area (TPSA) is 41.5 Å². The van der Waals surface area contributed by atoms with Gasteiger partial charge >= 0.3 is 0 Å². The summed E-state index contributed by atoms with van der Waals surface area (Å²) in [6.45, 7) is 2.08. The molecule has 0 saturated heterocycles. The van der Waals surface area contributed by atoms with Gasteiger partial charge in [-0.15, -0.1) is 6.42 Å². The summed E-state index contributed by atoms with van der Waals surface area (Å²) in [6, 6.07) is 5.91. The monoisotopic (exact) mass is 351 g/mol. The SMILES string of the molecule is C#CCOc1ccc(Br)cc1CNCC1(CO)CCCC1. The molecule has 21 heavy (non-hydrogen) atoms. The first-order valence-corrected chi connectivity index (χ1v) is 8.15. The van der Waals surface area contributed by atoms with Gasteiger partial charge in [0.1, 0.15) is 12.4 Å². The van der Waals surface area contributed by atoms with Crippen LogP contribution < -0.4 is 10.1 Å². The van der Waals surface area contributed by atoms with E-state index in [9.17, 15) is 5.11 Å². The van der Waals surface area contributed by atoms with Gasteiger partial charge < -0.3 is 15.2 Å². The molecule has 1 saturated carbocycles. The van der Waals surface area contributed by atoms with Crippen LogP contribution in [0.2, 0.25) is 0 Å². The van der Waals surface area contributed by atoms with Crippen molar-refractivity contribution in [2.45, 2.75) is 32.2 Å². The average molecular weight is 352 g/mol. The minimum Gasteiger partial charge on any atom is -0.481 e. The van der Waals surface area contributed by atoms with Crippen molar-refractivity contribution in [2.24, 2.45) is 5.41 Å². The summed E-state index contributed by atoms with van der Waals surface area (Å²) in [5.74, 6) is 3.30. The molecule has 1 aromatic carbocycles. The Labute approximate surface area is 135 Å². The third-order valence-corrected chi connectivity index (χ3v) is 4.64. The van der Waals surface area contributed by atoms with Crippen LogP contribution in [0, 0.1) is 17.8 Å². The minimum atomic E-state index is 0.0614. The molecule has 0 atom stereocenters. The Morgan fingerprint density at radius 1 is 1.38 bits per heavy atom. The number of rotatable bonds is 7. The molecule has 0 heterocycles. The minimum absolute atomic E-state index is 0.0614. The van der Waals surface area contributed by atoms with Crippen molar-refractivity contribution >= 4 is 15.9 Å². The normalized spacial score (nSPS) is 16.6. The molecule has 1 fully saturated rings. The maximum atomic E-state index is 9.63. The largest absolute Gasteiger partial charge is 0.481 e. The summed E-state index contributed by atoms with van der Waals surface area (Å²) in [5, 5.41) is 13.1. The molecule has 114 valence electrons. The first kappa shape index (κ1) is 16.4. The molecule has 0 aromatic heterocycles. The molecular weight excluding hydrogens is 330 g/mol. The van der Waals surface area contributed by atoms with Gasteiger partial charge in [-0.05, 0) is 31.0 Å². The summed E-state index contributed by atoms with van der Waals surface area (Å²) < 4.78 is 6.59. The Bertz CT molecular complexity index is 504. The molecule has 0 amide bonds. The number of aliphatic hydroxyl groups is 1. The van der Waals surface area contributed by atoms with Gasteiger partial charge in [0.25, 0.3) is 0 Å². The van der Waals surface area contributed by atoms with Gasteiger partial charge in [-0.25, -0.2) is 0 Å². The highest BCUT2D eigenvalue weighted by Crippen LogP contribution is 2.37. The maximum absolute atomic E-state index is 9.63. The average Bonchev–Trinajstić information content (AvgIpc) is 2.96. The van der Waals surface area contributed by atoms with Gasteiger partial charge in [-0.2, -0.15) is 0 Å². The quantitative estimate of drug-likeness (QED) is 0.741. The maximum Gasteiger partial charge on any atom is 0.148 e. The van der Waals surface area contributed by atoms with Crippen LogP contribution in [-0.2, 0) is 6.54 Å². The van der Waals surface area contributed by atoms with Crippen molar-refractivity contribution in [3.8, 4) is 18.1 Å². The van der Waals surface area contributed by atoms with Gasteiger partial charge in [0.05, 0.1) is 0 Å². The zero-order valence-corrected chi connectivity index (χ0v) is 13.8. The van der Waals surface area contributed by atoms with Crippen molar-refractivity contribution < 1.29 is 9.84 Å². The number of aliphatic hydroxyl groups excluding tert-OH is 1. The summed E-state index contributed by atoms with van der Waals surface area (Å²) in [6.07, 6.45) is 9.90. The Kier molecular flexibility index (Phi) is 6.10. The van der Waals surface area contributed by atoms with E-state index in [1.807, 2.05) is 18.2 Å². The van der Waals surface area contributed by atoms with Gasteiger partial charge in [0.15, 0.2) is 0 Å². The fourth-order valence-electron chi connectivity index (χ4n) is 2.92. The van der Waals surface area contributed by atoms with Crippen molar-refractivity contribution in [1.82, 2.24) is 5.32 Å². The van der Waals surface area contributed by atoms with E-state index >= 15 is 0 Å². The number of hydrogen-bond donors (Lipinski definition) is 2. The van der Waals surface area contributed by atoms with Crippen molar-refractivity contribution in [2.75, 3.05) is 19.8 Å². The molecule has 0 unspecified atom stereocenters. The summed E-state index contributed by atoms with van der Waals surface area (Å²) in [4.78, 5) is 0. The number of ether oxygens (including phenoxy) is 1. The number of halogens is 1. The van der Waals surface area contributed by atoms with E-state index in [1.54, 1.807) is 0 Å². The number of hydrogen-bond acceptors (Lipinski definition) is 3. The highest BCUT2D eigenvalue weighted by Gasteiger charge is 2.32. The van der Waals surface area contributed by atoms with Gasteiger partial charge in [-0.1, -0.05) is 34.7 Å². The first-order chi connectivity index (χ1) is 10.2. The third kappa shape index (κ3) is 4.47. The standard InChI is InChI=1S/C17H22BrNO2/c1-2-9-21-16-6-5-15(18)10-14(16)11-19-12-17(13-20)7-3-4-8-17/h1,5-6,10,19-20H,3-4,7-9,11-13H2. The second-order valence-corrected chi connectivity index (χ2v) is 6.63. The second-order valence-electron chi connectivity index (χ2n) is 5.71. The molecular formula is C17H22BrNO2. The number of terminal acetylenes is 1. The van der Waals surface area contributed by atoms with E-state index in [1.165, 1.54) is 12.8 Å². The van der Waals surface area contributed by atoms with Crippen LogP contribution in [0.5, 0.6) is 5.75 Å².